The molecule has 5 nitrogen and oxygen atoms in total. The zero-order chi connectivity index (χ0) is 15.7. The van der Waals surface area contributed by atoms with Gasteiger partial charge in [0.05, 0.1) is 20.1 Å². The normalized spacial score (nSPS) is 10.2. The van der Waals surface area contributed by atoms with E-state index in [0.717, 1.165) is 24.8 Å². The summed E-state index contributed by atoms with van der Waals surface area (Å²) >= 11 is 0. The molecule has 21 heavy (non-hydrogen) atoms. The number of aliphatic carboxylic acids is 1. The molecule has 5 heteroatoms. The fraction of sp³-hybridized carbons (Fsp3) is 0.500. The first-order chi connectivity index (χ1) is 10.1. The second-order valence-corrected chi connectivity index (χ2v) is 4.73. The monoisotopic (exact) mass is 294 g/mol. The summed E-state index contributed by atoms with van der Waals surface area (Å²) in [7, 11) is 1.53. The third kappa shape index (κ3) is 6.29. The number of methoxy groups -OCH3 is 1. The van der Waals surface area contributed by atoms with Crippen LogP contribution in [0.3, 0.4) is 0 Å². The Morgan fingerprint density at radius 1 is 1.24 bits per heavy atom. The first-order valence-corrected chi connectivity index (χ1v) is 7.10. The standard InChI is InChI=1S/C16H22O5/c1-3-21-16(19)7-5-4-6-12-8-9-14(20-2)13(10-12)11-15(17)18/h8-10H,3-7,11H2,1-2H3,(H,17,18). The molecule has 0 heterocycles. The summed E-state index contributed by atoms with van der Waals surface area (Å²) in [5.41, 5.74) is 1.73. The van der Waals surface area contributed by atoms with Crippen molar-refractivity contribution in [3.63, 3.8) is 0 Å². The van der Waals surface area contributed by atoms with Crippen LogP contribution >= 0.6 is 0 Å². The van der Waals surface area contributed by atoms with Gasteiger partial charge in [-0.2, -0.15) is 0 Å². The number of hydrogen-bond acceptors (Lipinski definition) is 4. The molecule has 0 fully saturated rings. The predicted octanol–water partition coefficient (Wildman–Crippen LogP) is 2.60. The van der Waals surface area contributed by atoms with Crippen LogP contribution in [0.15, 0.2) is 18.2 Å². The number of benzene rings is 1. The van der Waals surface area contributed by atoms with E-state index >= 15 is 0 Å². The fourth-order valence-corrected chi connectivity index (χ4v) is 2.12. The van der Waals surface area contributed by atoms with Crippen molar-refractivity contribution < 1.29 is 24.2 Å². The van der Waals surface area contributed by atoms with E-state index in [1.807, 2.05) is 12.1 Å². The van der Waals surface area contributed by atoms with Crippen LogP contribution in [0.4, 0.5) is 0 Å². The van der Waals surface area contributed by atoms with Crippen LogP contribution < -0.4 is 4.74 Å². The summed E-state index contributed by atoms with van der Waals surface area (Å²) in [5, 5.41) is 8.90. The molecule has 1 aromatic rings. The first-order valence-electron chi connectivity index (χ1n) is 7.10. The molecule has 1 rings (SSSR count). The fourth-order valence-electron chi connectivity index (χ4n) is 2.12. The largest absolute Gasteiger partial charge is 0.496 e. The summed E-state index contributed by atoms with van der Waals surface area (Å²) < 4.78 is 10.0. The maximum absolute atomic E-state index is 11.2. The van der Waals surface area contributed by atoms with Crippen molar-refractivity contribution in [1.82, 2.24) is 0 Å². The van der Waals surface area contributed by atoms with Gasteiger partial charge in [-0.15, -0.1) is 0 Å². The van der Waals surface area contributed by atoms with Crippen LogP contribution in [-0.2, 0) is 27.2 Å². The van der Waals surface area contributed by atoms with Gasteiger partial charge in [-0.25, -0.2) is 0 Å². The van der Waals surface area contributed by atoms with E-state index in [4.69, 9.17) is 14.6 Å². The molecular formula is C16H22O5. The lowest BCUT2D eigenvalue weighted by Crippen LogP contribution is -2.04. The highest BCUT2D eigenvalue weighted by Crippen LogP contribution is 2.21. The second-order valence-electron chi connectivity index (χ2n) is 4.73. The molecule has 0 aliphatic heterocycles. The zero-order valence-electron chi connectivity index (χ0n) is 12.6. The molecule has 0 saturated heterocycles. The van der Waals surface area contributed by atoms with Crippen molar-refractivity contribution in [2.75, 3.05) is 13.7 Å². The number of carbonyl (C=O) groups excluding carboxylic acids is 1. The molecular weight excluding hydrogens is 272 g/mol. The quantitative estimate of drug-likeness (QED) is 0.560. The van der Waals surface area contributed by atoms with Gasteiger partial charge in [0.25, 0.3) is 0 Å². The maximum atomic E-state index is 11.2. The minimum atomic E-state index is -0.882. The Bertz CT molecular complexity index is 482. The van der Waals surface area contributed by atoms with Crippen molar-refractivity contribution in [1.29, 1.82) is 0 Å². The van der Waals surface area contributed by atoms with Gasteiger partial charge in [0, 0.05) is 12.0 Å². The highest BCUT2D eigenvalue weighted by molar-refractivity contribution is 5.71. The molecule has 0 unspecified atom stereocenters. The number of rotatable bonds is 9. The molecule has 1 N–H and O–H groups in total. The van der Waals surface area contributed by atoms with Crippen LogP contribution in [0.5, 0.6) is 5.75 Å². The number of esters is 1. The Hall–Kier alpha value is -2.04. The van der Waals surface area contributed by atoms with Gasteiger partial charge in [-0.05, 0) is 37.8 Å². The van der Waals surface area contributed by atoms with Crippen molar-refractivity contribution in [2.45, 2.75) is 39.0 Å². The lowest BCUT2D eigenvalue weighted by Gasteiger charge is -2.09. The van der Waals surface area contributed by atoms with Gasteiger partial charge >= 0.3 is 11.9 Å². The van der Waals surface area contributed by atoms with Crippen LogP contribution in [0.25, 0.3) is 0 Å². The molecule has 0 aromatic heterocycles. The van der Waals surface area contributed by atoms with E-state index in [9.17, 15) is 9.59 Å². The molecule has 0 aliphatic carbocycles. The minimum Gasteiger partial charge on any atom is -0.496 e. The molecule has 0 saturated carbocycles. The first kappa shape index (κ1) is 17.0. The second kappa shape index (κ2) is 9.00. The van der Waals surface area contributed by atoms with Gasteiger partial charge in [0.15, 0.2) is 0 Å². The summed E-state index contributed by atoms with van der Waals surface area (Å²) in [4.78, 5) is 22.0. The van der Waals surface area contributed by atoms with Crippen LogP contribution in [0.2, 0.25) is 0 Å². The average molecular weight is 294 g/mol. The number of carbonyl (C=O) groups is 2. The van der Waals surface area contributed by atoms with Crippen LogP contribution in [-0.4, -0.2) is 30.8 Å². The molecule has 116 valence electrons. The number of ether oxygens (including phenoxy) is 2. The topological polar surface area (TPSA) is 72.8 Å². The Balaban J connectivity index is 2.51. The van der Waals surface area contributed by atoms with E-state index in [2.05, 4.69) is 0 Å². The number of carboxylic acids is 1. The summed E-state index contributed by atoms with van der Waals surface area (Å²) in [6, 6.07) is 5.57. The summed E-state index contributed by atoms with van der Waals surface area (Å²) in [5.74, 6) is -0.459. The Morgan fingerprint density at radius 3 is 2.62 bits per heavy atom. The van der Waals surface area contributed by atoms with Gasteiger partial charge in [-0.3, -0.25) is 9.59 Å². The lowest BCUT2D eigenvalue weighted by atomic mass is 10.0. The van der Waals surface area contributed by atoms with Crippen molar-refractivity contribution in [3.05, 3.63) is 29.3 Å². The molecule has 0 amide bonds. The number of unbranched alkanes of at least 4 members (excludes halogenated alkanes) is 1. The Morgan fingerprint density at radius 2 is 2.00 bits per heavy atom. The third-order valence-corrected chi connectivity index (χ3v) is 3.09. The van der Waals surface area contributed by atoms with E-state index in [-0.39, 0.29) is 12.4 Å². The smallest absolute Gasteiger partial charge is 0.307 e. The van der Waals surface area contributed by atoms with Gasteiger partial charge in [0.2, 0.25) is 0 Å². The SMILES string of the molecule is CCOC(=O)CCCCc1ccc(OC)c(CC(=O)O)c1. The number of carboxylic acid groups (broad SMARTS) is 1. The van der Waals surface area contributed by atoms with E-state index in [1.165, 1.54) is 7.11 Å². The van der Waals surface area contributed by atoms with Crippen LogP contribution in [0, 0.1) is 0 Å². The Kier molecular flexibility index (Phi) is 7.29. The summed E-state index contributed by atoms with van der Waals surface area (Å²) in [6.07, 6.45) is 2.79. The zero-order valence-corrected chi connectivity index (χ0v) is 12.6. The van der Waals surface area contributed by atoms with Crippen molar-refractivity contribution >= 4 is 11.9 Å². The summed E-state index contributed by atoms with van der Waals surface area (Å²) in [6.45, 7) is 2.20. The number of hydrogen-bond donors (Lipinski definition) is 1. The van der Waals surface area contributed by atoms with E-state index < -0.39 is 5.97 Å². The van der Waals surface area contributed by atoms with E-state index in [1.54, 1.807) is 13.0 Å². The highest BCUT2D eigenvalue weighted by atomic mass is 16.5. The number of aryl methyl sites for hydroxylation is 1. The average Bonchev–Trinajstić information content (AvgIpc) is 2.43. The van der Waals surface area contributed by atoms with Gasteiger partial charge in [-0.1, -0.05) is 12.1 Å². The van der Waals surface area contributed by atoms with Crippen molar-refractivity contribution in [3.8, 4) is 5.75 Å². The lowest BCUT2D eigenvalue weighted by molar-refractivity contribution is -0.143. The van der Waals surface area contributed by atoms with Crippen molar-refractivity contribution in [2.24, 2.45) is 0 Å². The van der Waals surface area contributed by atoms with Crippen LogP contribution in [0.1, 0.15) is 37.3 Å². The maximum Gasteiger partial charge on any atom is 0.307 e. The molecule has 0 spiro atoms. The minimum absolute atomic E-state index is 0.0557. The van der Waals surface area contributed by atoms with Gasteiger partial charge < -0.3 is 14.6 Å². The molecule has 0 radical (unpaired) electrons. The highest BCUT2D eigenvalue weighted by Gasteiger charge is 2.09. The molecule has 0 atom stereocenters. The predicted molar refractivity (Wildman–Crippen MR) is 78.5 cm³/mol. The Labute approximate surface area is 124 Å². The molecule has 1 aromatic carbocycles. The third-order valence-electron chi connectivity index (χ3n) is 3.09. The molecule has 0 aliphatic rings. The van der Waals surface area contributed by atoms with Gasteiger partial charge in [0.1, 0.15) is 5.75 Å². The molecule has 0 bridgehead atoms. The van der Waals surface area contributed by atoms with E-state index in [0.29, 0.717) is 24.3 Å².